The number of carbonyl (C=O) groups is 2. The Labute approximate surface area is 204 Å². The van der Waals surface area contributed by atoms with Crippen LogP contribution in [0.1, 0.15) is 18.9 Å². The number of sulfonamides is 1. The first-order valence-corrected chi connectivity index (χ1v) is 13.5. The molecule has 34 heavy (non-hydrogen) atoms. The van der Waals surface area contributed by atoms with E-state index in [2.05, 4.69) is 10.3 Å². The number of ether oxygens (including phenoxy) is 1. The molecule has 1 aromatic heterocycles. The van der Waals surface area contributed by atoms with E-state index in [0.29, 0.717) is 37.9 Å². The molecule has 1 saturated heterocycles. The maximum absolute atomic E-state index is 12.8. The number of nitrogens with one attached hydrogen (secondary N) is 1. The first-order chi connectivity index (χ1) is 16.3. The van der Waals surface area contributed by atoms with E-state index in [9.17, 15) is 18.0 Å². The van der Waals surface area contributed by atoms with Crippen molar-refractivity contribution >= 4 is 39.3 Å². The van der Waals surface area contributed by atoms with Gasteiger partial charge in [-0.1, -0.05) is 36.9 Å². The molecule has 2 amide bonds. The summed E-state index contributed by atoms with van der Waals surface area (Å²) in [6, 6.07) is 10.6. The van der Waals surface area contributed by atoms with E-state index >= 15 is 0 Å². The minimum absolute atomic E-state index is 0.0360. The fourth-order valence-corrected chi connectivity index (χ4v) is 5.51. The number of benzene rings is 1. The number of para-hydroxylation sites is 1. The lowest BCUT2D eigenvalue weighted by Crippen LogP contribution is -2.40. The molecular weight excluding hydrogens is 476 g/mol. The lowest BCUT2D eigenvalue weighted by Gasteiger charge is -2.25. The number of anilines is 1. The molecule has 1 fully saturated rings. The van der Waals surface area contributed by atoms with Crippen molar-refractivity contribution in [2.24, 2.45) is 0 Å². The van der Waals surface area contributed by atoms with E-state index in [4.69, 9.17) is 4.74 Å². The third kappa shape index (κ3) is 7.02. The van der Waals surface area contributed by atoms with Crippen molar-refractivity contribution in [1.82, 2.24) is 14.2 Å². The minimum atomic E-state index is -3.61. The van der Waals surface area contributed by atoms with Gasteiger partial charge in [0.05, 0.1) is 30.5 Å². The zero-order chi connectivity index (χ0) is 24.6. The van der Waals surface area contributed by atoms with E-state index in [1.54, 1.807) is 6.07 Å². The summed E-state index contributed by atoms with van der Waals surface area (Å²) in [4.78, 5) is 31.1. The second kappa shape index (κ2) is 12.3. The fourth-order valence-electron chi connectivity index (χ4n) is 3.41. The van der Waals surface area contributed by atoms with Crippen LogP contribution in [-0.4, -0.2) is 79.6 Å². The molecule has 0 bridgehead atoms. The van der Waals surface area contributed by atoms with Crippen molar-refractivity contribution in [2.45, 2.75) is 30.2 Å². The van der Waals surface area contributed by atoms with Crippen molar-refractivity contribution in [3.63, 3.8) is 0 Å². The maximum Gasteiger partial charge on any atom is 0.244 e. The molecule has 1 aliphatic heterocycles. The van der Waals surface area contributed by atoms with Gasteiger partial charge in [0.15, 0.2) is 0 Å². The first kappa shape index (κ1) is 26.1. The van der Waals surface area contributed by atoms with E-state index in [1.807, 2.05) is 38.1 Å². The smallest absolute Gasteiger partial charge is 0.244 e. The van der Waals surface area contributed by atoms with Gasteiger partial charge in [-0.05, 0) is 37.1 Å². The highest BCUT2D eigenvalue weighted by atomic mass is 32.2. The summed E-state index contributed by atoms with van der Waals surface area (Å²) in [5.74, 6) is -0.337. The first-order valence-electron chi connectivity index (χ1n) is 11.1. The van der Waals surface area contributed by atoms with E-state index in [1.165, 1.54) is 33.2 Å². The van der Waals surface area contributed by atoms with Gasteiger partial charge in [0.2, 0.25) is 21.8 Å². The second-order valence-corrected chi connectivity index (χ2v) is 10.7. The number of hydrogen-bond donors (Lipinski definition) is 1. The monoisotopic (exact) mass is 506 g/mol. The van der Waals surface area contributed by atoms with Crippen LogP contribution < -0.4 is 5.32 Å². The summed E-state index contributed by atoms with van der Waals surface area (Å²) >= 11 is 1.21. The molecule has 1 N–H and O–H groups in total. The van der Waals surface area contributed by atoms with Gasteiger partial charge in [-0.25, -0.2) is 13.4 Å². The number of nitrogens with zero attached hydrogens (tertiary/aromatic N) is 3. The van der Waals surface area contributed by atoms with Crippen LogP contribution in [0.5, 0.6) is 0 Å². The molecule has 0 atom stereocenters. The number of amides is 2. The van der Waals surface area contributed by atoms with Gasteiger partial charge in [0, 0.05) is 31.5 Å². The van der Waals surface area contributed by atoms with Crippen LogP contribution in [0.2, 0.25) is 0 Å². The second-order valence-electron chi connectivity index (χ2n) is 7.82. The van der Waals surface area contributed by atoms with Crippen molar-refractivity contribution < 1.29 is 22.7 Å². The lowest BCUT2D eigenvalue weighted by atomic mass is 10.2. The summed E-state index contributed by atoms with van der Waals surface area (Å²) in [6.07, 6.45) is 2.04. The Kier molecular flexibility index (Phi) is 9.45. The van der Waals surface area contributed by atoms with E-state index < -0.39 is 10.0 Å². The van der Waals surface area contributed by atoms with E-state index in [-0.39, 0.29) is 29.0 Å². The SMILES string of the molecule is CCCN(CC(=O)Nc1ccccc1C)C(=O)CSc1ccc(S(=O)(=O)N2CCOCC2)cn1. The Morgan fingerprint density at radius 2 is 1.91 bits per heavy atom. The van der Waals surface area contributed by atoms with Crippen LogP contribution in [-0.2, 0) is 24.3 Å². The molecule has 0 spiro atoms. The minimum Gasteiger partial charge on any atom is -0.379 e. The molecule has 0 aliphatic carbocycles. The Hall–Kier alpha value is -2.47. The summed E-state index contributed by atoms with van der Waals surface area (Å²) in [7, 11) is -3.61. The highest BCUT2D eigenvalue weighted by molar-refractivity contribution is 7.99. The Morgan fingerprint density at radius 1 is 1.18 bits per heavy atom. The standard InChI is InChI=1S/C23H30N4O5S2/c1-3-10-26(16-21(28)25-20-7-5-4-6-18(20)2)23(29)17-33-22-9-8-19(15-24-22)34(30,31)27-11-13-32-14-12-27/h4-9,15H,3,10-14,16-17H2,1-2H3,(H,25,28). The average Bonchev–Trinajstić information content (AvgIpc) is 2.84. The van der Waals surface area contributed by atoms with Crippen LogP contribution in [0.25, 0.3) is 0 Å². The van der Waals surface area contributed by atoms with Gasteiger partial charge in [-0.3, -0.25) is 9.59 Å². The van der Waals surface area contributed by atoms with Gasteiger partial charge in [-0.2, -0.15) is 4.31 Å². The summed E-state index contributed by atoms with van der Waals surface area (Å²) in [5.41, 5.74) is 1.67. The van der Waals surface area contributed by atoms with Crippen molar-refractivity contribution in [3.05, 3.63) is 48.2 Å². The van der Waals surface area contributed by atoms with E-state index in [0.717, 1.165) is 17.7 Å². The van der Waals surface area contributed by atoms with Crippen LogP contribution in [0.4, 0.5) is 5.69 Å². The molecule has 2 aromatic rings. The number of hydrogen-bond acceptors (Lipinski definition) is 7. The number of rotatable bonds is 10. The molecule has 184 valence electrons. The summed E-state index contributed by atoms with van der Waals surface area (Å²) in [5, 5.41) is 3.39. The molecule has 0 saturated carbocycles. The van der Waals surface area contributed by atoms with Gasteiger partial charge in [0.25, 0.3) is 0 Å². The summed E-state index contributed by atoms with van der Waals surface area (Å²) in [6.45, 7) is 5.67. The third-order valence-corrected chi connectivity index (χ3v) is 8.07. The van der Waals surface area contributed by atoms with Gasteiger partial charge in [-0.15, -0.1) is 0 Å². The predicted molar refractivity (Wildman–Crippen MR) is 131 cm³/mol. The average molecular weight is 507 g/mol. The van der Waals surface area contributed by atoms with Crippen LogP contribution in [0.3, 0.4) is 0 Å². The predicted octanol–water partition coefficient (Wildman–Crippen LogP) is 2.38. The number of pyridine rings is 1. The summed E-state index contributed by atoms with van der Waals surface area (Å²) < 4.78 is 32.0. The molecule has 2 heterocycles. The topological polar surface area (TPSA) is 109 Å². The molecule has 3 rings (SSSR count). The number of morpholine rings is 1. The number of aryl methyl sites for hydroxylation is 1. The molecule has 1 aromatic carbocycles. The zero-order valence-corrected chi connectivity index (χ0v) is 21.0. The van der Waals surface area contributed by atoms with Crippen LogP contribution >= 0.6 is 11.8 Å². The zero-order valence-electron chi connectivity index (χ0n) is 19.4. The Morgan fingerprint density at radius 3 is 2.56 bits per heavy atom. The lowest BCUT2D eigenvalue weighted by molar-refractivity contribution is -0.132. The largest absolute Gasteiger partial charge is 0.379 e. The Balaban J connectivity index is 1.56. The fraction of sp³-hybridized carbons (Fsp3) is 0.435. The van der Waals surface area contributed by atoms with Crippen LogP contribution in [0.15, 0.2) is 52.5 Å². The van der Waals surface area contributed by atoms with Crippen molar-refractivity contribution in [1.29, 1.82) is 0 Å². The van der Waals surface area contributed by atoms with Gasteiger partial charge in [0.1, 0.15) is 4.90 Å². The number of thioether (sulfide) groups is 1. The van der Waals surface area contributed by atoms with Gasteiger partial charge >= 0.3 is 0 Å². The molecule has 0 radical (unpaired) electrons. The number of aromatic nitrogens is 1. The Bertz CT molecular complexity index is 1090. The van der Waals surface area contributed by atoms with Crippen molar-refractivity contribution in [2.75, 3.05) is 50.5 Å². The van der Waals surface area contributed by atoms with Gasteiger partial charge < -0.3 is 15.0 Å². The molecule has 11 heteroatoms. The molecular formula is C23H30N4O5S2. The molecule has 0 unspecified atom stereocenters. The number of carbonyl (C=O) groups excluding carboxylic acids is 2. The third-order valence-electron chi connectivity index (χ3n) is 5.26. The normalized spacial score (nSPS) is 14.5. The van der Waals surface area contributed by atoms with Crippen molar-refractivity contribution in [3.8, 4) is 0 Å². The highest BCUT2D eigenvalue weighted by Crippen LogP contribution is 2.21. The maximum atomic E-state index is 12.8. The highest BCUT2D eigenvalue weighted by Gasteiger charge is 2.26. The molecule has 1 aliphatic rings. The molecule has 9 nitrogen and oxygen atoms in total. The van der Waals surface area contributed by atoms with Crippen LogP contribution in [0, 0.1) is 6.92 Å². The quantitative estimate of drug-likeness (QED) is 0.493.